The monoisotopic (exact) mass is 370 g/mol. The van der Waals surface area contributed by atoms with Crippen LogP contribution in [0.25, 0.3) is 0 Å². The summed E-state index contributed by atoms with van der Waals surface area (Å²) >= 11 is 0. The van der Waals surface area contributed by atoms with Crippen molar-refractivity contribution in [1.82, 2.24) is 10.2 Å². The lowest BCUT2D eigenvalue weighted by molar-refractivity contribution is -0.120. The van der Waals surface area contributed by atoms with E-state index in [0.29, 0.717) is 19.4 Å². The molecule has 1 aliphatic carbocycles. The summed E-state index contributed by atoms with van der Waals surface area (Å²) < 4.78 is 37.8. The van der Waals surface area contributed by atoms with E-state index in [0.717, 1.165) is 18.4 Å². The summed E-state index contributed by atoms with van der Waals surface area (Å²) in [6, 6.07) is 6.09. The molecule has 0 bridgehead atoms. The molecule has 1 atom stereocenters. The Morgan fingerprint density at radius 2 is 2.00 bits per heavy atom. The molecular formula is C18H27FN2O3S. The molecule has 1 N–H and O–H groups in total. The van der Waals surface area contributed by atoms with E-state index in [1.807, 2.05) is 25.1 Å². The predicted molar refractivity (Wildman–Crippen MR) is 96.5 cm³/mol. The van der Waals surface area contributed by atoms with Crippen molar-refractivity contribution in [2.45, 2.75) is 43.4 Å². The number of sulfone groups is 1. The highest BCUT2D eigenvalue weighted by molar-refractivity contribution is 7.92. The summed E-state index contributed by atoms with van der Waals surface area (Å²) in [5.41, 5.74) is 0.767. The van der Waals surface area contributed by atoms with E-state index in [4.69, 9.17) is 0 Å². The zero-order chi connectivity index (χ0) is 18.4. The summed E-state index contributed by atoms with van der Waals surface area (Å²) in [7, 11) is 0.518. The van der Waals surface area contributed by atoms with Gasteiger partial charge in [0.1, 0.15) is 5.82 Å². The number of halogens is 1. The van der Waals surface area contributed by atoms with E-state index in [9.17, 15) is 17.6 Å². The van der Waals surface area contributed by atoms with Crippen molar-refractivity contribution in [3.63, 3.8) is 0 Å². The third kappa shape index (κ3) is 5.78. The fraction of sp³-hybridized carbons (Fsp3) is 0.611. The van der Waals surface area contributed by atoms with Crippen LogP contribution in [0.1, 0.15) is 43.7 Å². The normalized spacial score (nSPS) is 17.0. The molecule has 0 radical (unpaired) electrons. The van der Waals surface area contributed by atoms with Crippen molar-refractivity contribution in [3.8, 4) is 0 Å². The molecule has 1 amide bonds. The fourth-order valence-electron chi connectivity index (χ4n) is 3.26. The van der Waals surface area contributed by atoms with Crippen LogP contribution in [-0.2, 0) is 14.6 Å². The van der Waals surface area contributed by atoms with E-state index in [-0.39, 0.29) is 35.2 Å². The average molecular weight is 370 g/mol. The Balaban J connectivity index is 1.87. The number of hydrogen-bond acceptors (Lipinski definition) is 4. The third-order valence-corrected chi connectivity index (χ3v) is 7.03. The molecule has 25 heavy (non-hydrogen) atoms. The van der Waals surface area contributed by atoms with Gasteiger partial charge < -0.3 is 10.2 Å². The molecule has 140 valence electrons. The lowest BCUT2D eigenvalue weighted by Gasteiger charge is -2.25. The molecule has 0 unspecified atom stereocenters. The molecule has 2 rings (SSSR count). The highest BCUT2D eigenvalue weighted by Crippen LogP contribution is 2.25. The SMILES string of the molecule is CN(C)[C@@H](CNC(=O)CCS(=O)(=O)C1CCCC1)c1cccc(F)c1. The summed E-state index contributed by atoms with van der Waals surface area (Å²) in [5.74, 6) is -0.709. The quantitative estimate of drug-likeness (QED) is 0.762. The van der Waals surface area contributed by atoms with Gasteiger partial charge >= 0.3 is 0 Å². The molecule has 0 aromatic heterocycles. The lowest BCUT2D eigenvalue weighted by atomic mass is 10.1. The first-order chi connectivity index (χ1) is 11.8. The Labute approximate surface area is 149 Å². The molecule has 7 heteroatoms. The second-order valence-corrected chi connectivity index (χ2v) is 9.26. The first kappa shape index (κ1) is 19.8. The Morgan fingerprint density at radius 1 is 1.32 bits per heavy atom. The summed E-state index contributed by atoms with van der Waals surface area (Å²) in [5, 5.41) is 2.50. The third-order valence-electron chi connectivity index (χ3n) is 4.77. The van der Waals surface area contributed by atoms with Crippen LogP contribution in [-0.4, -0.2) is 50.9 Å². The summed E-state index contributed by atoms with van der Waals surface area (Å²) in [6.07, 6.45) is 3.31. The largest absolute Gasteiger partial charge is 0.354 e. The van der Waals surface area contributed by atoms with E-state index in [1.54, 1.807) is 6.07 Å². The maximum Gasteiger partial charge on any atom is 0.221 e. The number of nitrogens with zero attached hydrogens (tertiary/aromatic N) is 1. The van der Waals surface area contributed by atoms with Gasteiger partial charge in [-0.05, 0) is 44.6 Å². The Hall–Kier alpha value is -1.47. The molecule has 0 saturated heterocycles. The van der Waals surface area contributed by atoms with Crippen LogP contribution >= 0.6 is 0 Å². The van der Waals surface area contributed by atoms with Gasteiger partial charge in [-0.1, -0.05) is 25.0 Å². The topological polar surface area (TPSA) is 66.5 Å². The van der Waals surface area contributed by atoms with Crippen LogP contribution in [0, 0.1) is 5.82 Å². The molecule has 0 heterocycles. The molecule has 5 nitrogen and oxygen atoms in total. The number of carbonyl (C=O) groups is 1. The molecule has 1 fully saturated rings. The first-order valence-corrected chi connectivity index (χ1v) is 10.4. The number of likely N-dealkylation sites (N-methyl/N-ethyl adjacent to an activating group) is 1. The maximum absolute atomic E-state index is 13.4. The van der Waals surface area contributed by atoms with E-state index >= 15 is 0 Å². The van der Waals surface area contributed by atoms with E-state index < -0.39 is 9.84 Å². The zero-order valence-electron chi connectivity index (χ0n) is 14.9. The smallest absolute Gasteiger partial charge is 0.221 e. The minimum Gasteiger partial charge on any atom is -0.354 e. The molecule has 1 aliphatic rings. The van der Waals surface area contributed by atoms with Crippen molar-refractivity contribution in [1.29, 1.82) is 0 Å². The van der Waals surface area contributed by atoms with Gasteiger partial charge in [0, 0.05) is 13.0 Å². The number of nitrogens with one attached hydrogen (secondary N) is 1. The van der Waals surface area contributed by atoms with Gasteiger partial charge in [-0.2, -0.15) is 0 Å². The van der Waals surface area contributed by atoms with Crippen LogP contribution in [0.2, 0.25) is 0 Å². The molecule has 1 saturated carbocycles. The second-order valence-electron chi connectivity index (χ2n) is 6.86. The summed E-state index contributed by atoms with van der Waals surface area (Å²) in [6.45, 7) is 0.304. The van der Waals surface area contributed by atoms with Crippen LogP contribution in [0.3, 0.4) is 0 Å². The van der Waals surface area contributed by atoms with Crippen molar-refractivity contribution in [2.24, 2.45) is 0 Å². The van der Waals surface area contributed by atoms with Gasteiger partial charge in [0.15, 0.2) is 9.84 Å². The molecule has 0 spiro atoms. The fourth-order valence-corrected chi connectivity index (χ4v) is 5.12. The van der Waals surface area contributed by atoms with Crippen LogP contribution in [0.4, 0.5) is 4.39 Å². The predicted octanol–water partition coefficient (Wildman–Crippen LogP) is 2.29. The number of benzene rings is 1. The molecule has 1 aromatic carbocycles. The standard InChI is InChI=1S/C18H27FN2O3S/c1-21(2)17(14-6-5-7-15(19)12-14)13-20-18(22)10-11-25(23,24)16-8-3-4-9-16/h5-7,12,16-17H,3-4,8-11,13H2,1-2H3,(H,20,22)/t17-/m0/s1. The van der Waals surface area contributed by atoms with Gasteiger partial charge in [0.2, 0.25) is 5.91 Å². The van der Waals surface area contributed by atoms with Crippen LogP contribution in [0.5, 0.6) is 0 Å². The number of amides is 1. The van der Waals surface area contributed by atoms with Gasteiger partial charge in [-0.25, -0.2) is 12.8 Å². The zero-order valence-corrected chi connectivity index (χ0v) is 15.7. The Morgan fingerprint density at radius 3 is 2.60 bits per heavy atom. The first-order valence-electron chi connectivity index (χ1n) is 8.70. The van der Waals surface area contributed by atoms with E-state index in [1.165, 1.54) is 12.1 Å². The van der Waals surface area contributed by atoms with Crippen molar-refractivity contribution < 1.29 is 17.6 Å². The van der Waals surface area contributed by atoms with Crippen molar-refractivity contribution in [2.75, 3.05) is 26.4 Å². The van der Waals surface area contributed by atoms with Gasteiger partial charge in [-0.15, -0.1) is 0 Å². The number of hydrogen-bond donors (Lipinski definition) is 1. The van der Waals surface area contributed by atoms with Crippen molar-refractivity contribution in [3.05, 3.63) is 35.6 Å². The lowest BCUT2D eigenvalue weighted by Crippen LogP contribution is -2.35. The molecular weight excluding hydrogens is 343 g/mol. The molecule has 1 aromatic rings. The van der Waals surface area contributed by atoms with Gasteiger partial charge in [0.05, 0.1) is 17.0 Å². The minimum absolute atomic E-state index is 0.0257. The minimum atomic E-state index is -3.19. The average Bonchev–Trinajstić information content (AvgIpc) is 3.08. The van der Waals surface area contributed by atoms with Crippen LogP contribution < -0.4 is 5.32 Å². The molecule has 0 aliphatic heterocycles. The Bertz CT molecular complexity index is 685. The maximum atomic E-state index is 13.4. The number of rotatable bonds is 8. The Kier molecular flexibility index (Phi) is 6.95. The van der Waals surface area contributed by atoms with Gasteiger partial charge in [0.25, 0.3) is 0 Å². The highest BCUT2D eigenvalue weighted by Gasteiger charge is 2.29. The van der Waals surface area contributed by atoms with Crippen molar-refractivity contribution >= 4 is 15.7 Å². The van der Waals surface area contributed by atoms with Gasteiger partial charge in [-0.3, -0.25) is 4.79 Å². The summed E-state index contributed by atoms with van der Waals surface area (Å²) in [4.78, 5) is 14.0. The highest BCUT2D eigenvalue weighted by atomic mass is 32.2. The van der Waals surface area contributed by atoms with E-state index in [2.05, 4.69) is 5.32 Å². The second kappa shape index (κ2) is 8.76. The number of carbonyl (C=O) groups excluding carboxylic acids is 1. The van der Waals surface area contributed by atoms with Crippen LogP contribution in [0.15, 0.2) is 24.3 Å².